The highest BCUT2D eigenvalue weighted by atomic mass is 35.5. The van der Waals surface area contributed by atoms with Crippen molar-refractivity contribution >= 4 is 29.1 Å². The fourth-order valence-electron chi connectivity index (χ4n) is 0.847. The van der Waals surface area contributed by atoms with Gasteiger partial charge in [0.05, 0.1) is 12.1 Å². The SMILES string of the molecule is O=C(NCC(F)F)c1ccc(Cl)nc1Cl. The van der Waals surface area contributed by atoms with Gasteiger partial charge >= 0.3 is 0 Å². The number of nitrogens with one attached hydrogen (secondary N) is 1. The number of aromatic nitrogens is 1. The van der Waals surface area contributed by atoms with Crippen molar-refractivity contribution in [3.8, 4) is 0 Å². The van der Waals surface area contributed by atoms with Crippen molar-refractivity contribution in [2.75, 3.05) is 6.54 Å². The van der Waals surface area contributed by atoms with E-state index in [0.29, 0.717) is 0 Å². The van der Waals surface area contributed by atoms with E-state index in [1.165, 1.54) is 12.1 Å². The monoisotopic (exact) mass is 254 g/mol. The first-order chi connectivity index (χ1) is 7.00. The number of hydrogen-bond donors (Lipinski definition) is 1. The van der Waals surface area contributed by atoms with Crippen LogP contribution in [0.25, 0.3) is 0 Å². The second-order valence-corrected chi connectivity index (χ2v) is 3.32. The van der Waals surface area contributed by atoms with Crippen molar-refractivity contribution in [3.05, 3.63) is 28.0 Å². The molecule has 1 N–H and O–H groups in total. The maximum Gasteiger partial charge on any atom is 0.255 e. The number of rotatable bonds is 3. The third-order valence-corrected chi connectivity index (χ3v) is 1.97. The molecule has 0 fully saturated rings. The molecule has 1 aromatic heterocycles. The second-order valence-electron chi connectivity index (χ2n) is 2.57. The van der Waals surface area contributed by atoms with E-state index in [2.05, 4.69) is 4.98 Å². The highest BCUT2D eigenvalue weighted by molar-refractivity contribution is 6.34. The average molecular weight is 255 g/mol. The summed E-state index contributed by atoms with van der Waals surface area (Å²) in [6.45, 7) is -0.724. The highest BCUT2D eigenvalue weighted by Gasteiger charge is 2.13. The summed E-state index contributed by atoms with van der Waals surface area (Å²) in [7, 11) is 0. The fraction of sp³-hybridized carbons (Fsp3) is 0.250. The van der Waals surface area contributed by atoms with Gasteiger partial charge in [-0.25, -0.2) is 13.8 Å². The number of carbonyl (C=O) groups excluding carboxylic acids is 1. The molecule has 0 aliphatic rings. The Hall–Kier alpha value is -0.940. The summed E-state index contributed by atoms with van der Waals surface area (Å²) in [5, 5.41) is 2.02. The lowest BCUT2D eigenvalue weighted by Crippen LogP contribution is -2.28. The van der Waals surface area contributed by atoms with E-state index in [9.17, 15) is 13.6 Å². The van der Waals surface area contributed by atoms with Crippen LogP contribution in [0.2, 0.25) is 10.3 Å². The van der Waals surface area contributed by atoms with Gasteiger partial charge in [-0.1, -0.05) is 23.2 Å². The predicted octanol–water partition coefficient (Wildman–Crippen LogP) is 2.38. The number of carbonyl (C=O) groups is 1. The van der Waals surface area contributed by atoms with Crippen LogP contribution in [0.1, 0.15) is 10.4 Å². The quantitative estimate of drug-likeness (QED) is 0.842. The highest BCUT2D eigenvalue weighted by Crippen LogP contribution is 2.16. The van der Waals surface area contributed by atoms with E-state index < -0.39 is 18.9 Å². The Morgan fingerprint density at radius 2 is 2.13 bits per heavy atom. The van der Waals surface area contributed by atoms with Crippen LogP contribution >= 0.6 is 23.2 Å². The van der Waals surface area contributed by atoms with Crippen molar-refractivity contribution < 1.29 is 13.6 Å². The van der Waals surface area contributed by atoms with Crippen molar-refractivity contribution in [2.45, 2.75) is 6.43 Å². The maximum absolute atomic E-state index is 11.8. The topological polar surface area (TPSA) is 42.0 Å². The van der Waals surface area contributed by atoms with Crippen LogP contribution in [-0.4, -0.2) is 23.9 Å². The van der Waals surface area contributed by atoms with Gasteiger partial charge in [0.1, 0.15) is 10.3 Å². The summed E-state index contributed by atoms with van der Waals surface area (Å²) >= 11 is 11.1. The minimum Gasteiger partial charge on any atom is -0.346 e. The zero-order valence-electron chi connectivity index (χ0n) is 7.31. The van der Waals surface area contributed by atoms with Crippen LogP contribution in [0.4, 0.5) is 8.78 Å². The molecule has 0 radical (unpaired) electrons. The van der Waals surface area contributed by atoms with Gasteiger partial charge in [-0.3, -0.25) is 4.79 Å². The molecule has 7 heteroatoms. The predicted molar refractivity (Wildman–Crippen MR) is 52.6 cm³/mol. The van der Waals surface area contributed by atoms with Gasteiger partial charge in [-0.15, -0.1) is 0 Å². The van der Waals surface area contributed by atoms with Crippen molar-refractivity contribution in [1.82, 2.24) is 10.3 Å². The molecule has 15 heavy (non-hydrogen) atoms. The number of halogens is 4. The Balaban J connectivity index is 2.74. The van der Waals surface area contributed by atoms with Gasteiger partial charge in [-0.05, 0) is 12.1 Å². The normalized spacial score (nSPS) is 10.5. The summed E-state index contributed by atoms with van der Waals surface area (Å²) in [6, 6.07) is 2.67. The largest absolute Gasteiger partial charge is 0.346 e. The molecular formula is C8H6Cl2F2N2O. The summed E-state index contributed by atoms with van der Waals surface area (Å²) in [5.74, 6) is -0.704. The lowest BCUT2D eigenvalue weighted by molar-refractivity contribution is 0.0891. The molecule has 0 aromatic carbocycles. The smallest absolute Gasteiger partial charge is 0.255 e. The number of nitrogens with zero attached hydrogens (tertiary/aromatic N) is 1. The van der Waals surface area contributed by atoms with Crippen molar-refractivity contribution in [2.24, 2.45) is 0 Å². The molecule has 0 unspecified atom stereocenters. The molecule has 0 atom stereocenters. The third kappa shape index (κ3) is 3.60. The number of hydrogen-bond acceptors (Lipinski definition) is 2. The number of amides is 1. The van der Waals surface area contributed by atoms with E-state index >= 15 is 0 Å². The molecule has 0 saturated carbocycles. The Morgan fingerprint density at radius 3 is 2.67 bits per heavy atom. The minimum atomic E-state index is -2.60. The maximum atomic E-state index is 11.8. The van der Waals surface area contributed by atoms with Crippen molar-refractivity contribution in [3.63, 3.8) is 0 Å². The van der Waals surface area contributed by atoms with Gasteiger partial charge < -0.3 is 5.32 Å². The molecule has 82 valence electrons. The molecule has 0 saturated heterocycles. The summed E-state index contributed by atoms with van der Waals surface area (Å²) in [5.41, 5.74) is 0.0155. The second kappa shape index (κ2) is 5.23. The van der Waals surface area contributed by atoms with Crippen LogP contribution in [-0.2, 0) is 0 Å². The number of pyridine rings is 1. The van der Waals surface area contributed by atoms with Gasteiger partial charge in [-0.2, -0.15) is 0 Å². The Labute approximate surface area is 94.4 Å². The van der Waals surface area contributed by atoms with Crippen molar-refractivity contribution in [1.29, 1.82) is 0 Å². The number of alkyl halides is 2. The molecule has 0 aliphatic carbocycles. The fourth-order valence-corrected chi connectivity index (χ4v) is 1.28. The zero-order valence-corrected chi connectivity index (χ0v) is 8.82. The van der Waals surface area contributed by atoms with Gasteiger partial charge in [0.2, 0.25) is 0 Å². The Kier molecular flexibility index (Phi) is 4.23. The van der Waals surface area contributed by atoms with Crippen LogP contribution in [0.3, 0.4) is 0 Å². The van der Waals surface area contributed by atoms with Gasteiger partial charge in [0.25, 0.3) is 12.3 Å². The molecule has 1 heterocycles. The Bertz CT molecular complexity index is 374. The van der Waals surface area contributed by atoms with Crippen LogP contribution < -0.4 is 5.32 Å². The lowest BCUT2D eigenvalue weighted by Gasteiger charge is -2.05. The van der Waals surface area contributed by atoms with E-state index in [-0.39, 0.29) is 15.9 Å². The lowest BCUT2D eigenvalue weighted by atomic mass is 10.2. The molecule has 0 aliphatic heterocycles. The van der Waals surface area contributed by atoms with Crippen LogP contribution in [0, 0.1) is 0 Å². The standard InChI is InChI=1S/C8H6Cl2F2N2O/c9-5-2-1-4(7(10)14-5)8(15)13-3-6(11)12/h1-2,6H,3H2,(H,13,15). The molecule has 0 bridgehead atoms. The summed E-state index contributed by atoms with van der Waals surface area (Å²) < 4.78 is 23.6. The van der Waals surface area contributed by atoms with Gasteiger partial charge in [0.15, 0.2) is 0 Å². The van der Waals surface area contributed by atoms with E-state index in [1.54, 1.807) is 0 Å². The first-order valence-corrected chi connectivity index (χ1v) is 4.64. The first kappa shape index (κ1) is 12.1. The molecule has 3 nitrogen and oxygen atoms in total. The molecular weight excluding hydrogens is 249 g/mol. The van der Waals surface area contributed by atoms with E-state index in [1.807, 2.05) is 5.32 Å². The summed E-state index contributed by atoms with van der Waals surface area (Å²) in [4.78, 5) is 14.9. The van der Waals surface area contributed by atoms with Gasteiger partial charge in [0, 0.05) is 0 Å². The van der Waals surface area contributed by atoms with Crippen LogP contribution in [0.5, 0.6) is 0 Å². The molecule has 1 amide bonds. The molecule has 1 aromatic rings. The Morgan fingerprint density at radius 1 is 1.47 bits per heavy atom. The third-order valence-electron chi connectivity index (χ3n) is 1.48. The molecule has 1 rings (SSSR count). The molecule has 0 spiro atoms. The summed E-state index contributed by atoms with van der Waals surface area (Å²) in [6.07, 6.45) is -2.60. The first-order valence-electron chi connectivity index (χ1n) is 3.89. The zero-order chi connectivity index (χ0) is 11.4. The van der Waals surface area contributed by atoms with E-state index in [4.69, 9.17) is 23.2 Å². The van der Waals surface area contributed by atoms with Crippen LogP contribution in [0.15, 0.2) is 12.1 Å². The average Bonchev–Trinajstić information content (AvgIpc) is 2.14. The van der Waals surface area contributed by atoms with E-state index in [0.717, 1.165) is 0 Å². The minimum absolute atomic E-state index is 0.0155.